The molecule has 0 aromatic carbocycles. The van der Waals surface area contributed by atoms with Gasteiger partial charge in [0.2, 0.25) is 0 Å². The molecule has 2 aliphatic rings. The van der Waals surface area contributed by atoms with Crippen molar-refractivity contribution in [3.05, 3.63) is 0 Å². The van der Waals surface area contributed by atoms with Crippen molar-refractivity contribution < 1.29 is 0 Å². The number of nitriles is 1. The average Bonchev–Trinajstić information content (AvgIpc) is 2.47. The SMILES string of the molecule is CN1CCCCC1CCN1CCN(C(C)(C)C#N)CC1. The first-order chi connectivity index (χ1) is 9.53. The van der Waals surface area contributed by atoms with Gasteiger partial charge in [-0.05, 0) is 53.2 Å². The van der Waals surface area contributed by atoms with Crippen LogP contribution in [-0.2, 0) is 0 Å². The molecule has 114 valence electrons. The molecule has 20 heavy (non-hydrogen) atoms. The summed E-state index contributed by atoms with van der Waals surface area (Å²) in [5, 5.41) is 9.20. The first kappa shape index (κ1) is 15.8. The zero-order valence-corrected chi connectivity index (χ0v) is 13.4. The van der Waals surface area contributed by atoms with Gasteiger partial charge < -0.3 is 9.80 Å². The number of piperazine rings is 1. The number of likely N-dealkylation sites (tertiary alicyclic amines) is 1. The molecule has 2 rings (SSSR count). The number of rotatable bonds is 4. The van der Waals surface area contributed by atoms with Crippen LogP contribution in [0.4, 0.5) is 0 Å². The van der Waals surface area contributed by atoms with Crippen molar-refractivity contribution in [2.45, 2.75) is 51.1 Å². The quantitative estimate of drug-likeness (QED) is 0.785. The summed E-state index contributed by atoms with van der Waals surface area (Å²) in [5.41, 5.74) is -0.310. The molecule has 0 radical (unpaired) electrons. The van der Waals surface area contributed by atoms with Crippen LogP contribution >= 0.6 is 0 Å². The Balaban J connectivity index is 1.71. The molecule has 0 bridgehead atoms. The van der Waals surface area contributed by atoms with Crippen LogP contribution < -0.4 is 0 Å². The molecule has 2 aliphatic heterocycles. The molecule has 0 aromatic heterocycles. The maximum Gasteiger partial charge on any atom is 0.103 e. The highest BCUT2D eigenvalue weighted by Gasteiger charge is 2.30. The standard InChI is InChI=1S/C16H30N4/c1-16(2,14-17)20-12-10-19(11-13-20)9-7-15-6-4-5-8-18(15)3/h15H,4-13H2,1-3H3. The molecule has 2 saturated heterocycles. The van der Waals surface area contributed by atoms with Gasteiger partial charge in [0.25, 0.3) is 0 Å². The topological polar surface area (TPSA) is 33.5 Å². The van der Waals surface area contributed by atoms with Crippen LogP contribution in [0.5, 0.6) is 0 Å². The van der Waals surface area contributed by atoms with E-state index in [1.807, 2.05) is 13.8 Å². The number of nitrogens with zero attached hydrogens (tertiary/aromatic N) is 4. The Bertz CT molecular complexity index is 339. The predicted octanol–water partition coefficient (Wildman–Crippen LogP) is 1.78. The number of hydrogen-bond acceptors (Lipinski definition) is 4. The summed E-state index contributed by atoms with van der Waals surface area (Å²) < 4.78 is 0. The van der Waals surface area contributed by atoms with E-state index in [9.17, 15) is 5.26 Å². The monoisotopic (exact) mass is 278 g/mol. The summed E-state index contributed by atoms with van der Waals surface area (Å²) in [4.78, 5) is 7.43. The van der Waals surface area contributed by atoms with E-state index in [0.717, 1.165) is 32.2 Å². The number of hydrogen-bond donors (Lipinski definition) is 0. The van der Waals surface area contributed by atoms with E-state index in [1.54, 1.807) is 0 Å². The zero-order valence-electron chi connectivity index (χ0n) is 13.4. The van der Waals surface area contributed by atoms with E-state index >= 15 is 0 Å². The van der Waals surface area contributed by atoms with E-state index in [4.69, 9.17) is 0 Å². The van der Waals surface area contributed by atoms with Crippen molar-refractivity contribution in [2.75, 3.05) is 46.3 Å². The van der Waals surface area contributed by atoms with Crippen molar-refractivity contribution in [1.29, 1.82) is 5.26 Å². The fourth-order valence-corrected chi connectivity index (χ4v) is 3.44. The summed E-state index contributed by atoms with van der Waals surface area (Å²) >= 11 is 0. The molecule has 2 heterocycles. The lowest BCUT2D eigenvalue weighted by Crippen LogP contribution is -2.54. The van der Waals surface area contributed by atoms with E-state index in [1.165, 1.54) is 38.8 Å². The largest absolute Gasteiger partial charge is 0.303 e. The molecule has 1 unspecified atom stereocenters. The molecule has 0 aromatic rings. The molecule has 1 atom stereocenters. The lowest BCUT2D eigenvalue weighted by Gasteiger charge is -2.41. The van der Waals surface area contributed by atoms with Gasteiger partial charge in [-0.1, -0.05) is 6.42 Å². The van der Waals surface area contributed by atoms with Crippen molar-refractivity contribution in [3.8, 4) is 6.07 Å². The first-order valence-electron chi connectivity index (χ1n) is 8.12. The van der Waals surface area contributed by atoms with Crippen molar-refractivity contribution in [1.82, 2.24) is 14.7 Å². The molecule has 4 nitrogen and oxygen atoms in total. The zero-order chi connectivity index (χ0) is 14.6. The van der Waals surface area contributed by atoms with Gasteiger partial charge in [-0.15, -0.1) is 0 Å². The van der Waals surface area contributed by atoms with Gasteiger partial charge in [-0.3, -0.25) is 4.90 Å². The van der Waals surface area contributed by atoms with E-state index < -0.39 is 0 Å². The van der Waals surface area contributed by atoms with Crippen LogP contribution in [0.1, 0.15) is 39.5 Å². The molecule has 0 spiro atoms. The Labute approximate surface area is 124 Å². The van der Waals surface area contributed by atoms with Crippen LogP contribution in [0.25, 0.3) is 0 Å². The third-order valence-electron chi connectivity index (χ3n) is 5.14. The highest BCUT2D eigenvalue weighted by Crippen LogP contribution is 2.19. The van der Waals surface area contributed by atoms with Crippen LogP contribution in [0.2, 0.25) is 0 Å². The molecule has 0 N–H and O–H groups in total. The van der Waals surface area contributed by atoms with Gasteiger partial charge in [0.05, 0.1) is 6.07 Å². The van der Waals surface area contributed by atoms with Gasteiger partial charge in [-0.2, -0.15) is 5.26 Å². The minimum Gasteiger partial charge on any atom is -0.303 e. The fraction of sp³-hybridized carbons (Fsp3) is 0.938. The lowest BCUT2D eigenvalue weighted by molar-refractivity contribution is 0.0712. The predicted molar refractivity (Wildman–Crippen MR) is 82.6 cm³/mol. The summed E-state index contributed by atoms with van der Waals surface area (Å²) in [6, 6.07) is 3.21. The minimum absolute atomic E-state index is 0.310. The Kier molecular flexibility index (Phi) is 5.42. The second kappa shape index (κ2) is 6.89. The Hall–Kier alpha value is -0.630. The second-order valence-electron chi connectivity index (χ2n) is 6.92. The number of piperidine rings is 1. The summed E-state index contributed by atoms with van der Waals surface area (Å²) in [6.07, 6.45) is 5.45. The molecule has 0 saturated carbocycles. The van der Waals surface area contributed by atoms with E-state index in [-0.39, 0.29) is 5.54 Å². The highest BCUT2D eigenvalue weighted by molar-refractivity contribution is 5.02. The smallest absolute Gasteiger partial charge is 0.103 e. The average molecular weight is 278 g/mol. The third-order valence-corrected chi connectivity index (χ3v) is 5.14. The van der Waals surface area contributed by atoms with Crippen LogP contribution in [0.3, 0.4) is 0 Å². The highest BCUT2D eigenvalue weighted by atomic mass is 15.3. The third kappa shape index (κ3) is 3.94. The molecular weight excluding hydrogens is 248 g/mol. The molecule has 2 fully saturated rings. The maximum atomic E-state index is 9.20. The minimum atomic E-state index is -0.310. The van der Waals surface area contributed by atoms with E-state index in [0.29, 0.717) is 0 Å². The van der Waals surface area contributed by atoms with Gasteiger partial charge in [-0.25, -0.2) is 0 Å². The van der Waals surface area contributed by atoms with Gasteiger partial charge in [0, 0.05) is 32.2 Å². The Morgan fingerprint density at radius 2 is 1.80 bits per heavy atom. The summed E-state index contributed by atoms with van der Waals surface area (Å²) in [5.74, 6) is 0. The molecular formula is C16H30N4. The van der Waals surface area contributed by atoms with Crippen LogP contribution in [-0.4, -0.2) is 72.6 Å². The van der Waals surface area contributed by atoms with Crippen molar-refractivity contribution in [3.63, 3.8) is 0 Å². The van der Waals surface area contributed by atoms with Crippen LogP contribution in [0, 0.1) is 11.3 Å². The fourth-order valence-electron chi connectivity index (χ4n) is 3.44. The summed E-state index contributed by atoms with van der Waals surface area (Å²) in [6.45, 7) is 10.8. The molecule has 0 amide bonds. The lowest BCUT2D eigenvalue weighted by atomic mass is 9.99. The normalized spacial score (nSPS) is 27.4. The summed E-state index contributed by atoms with van der Waals surface area (Å²) in [7, 11) is 2.28. The van der Waals surface area contributed by atoms with Gasteiger partial charge >= 0.3 is 0 Å². The first-order valence-corrected chi connectivity index (χ1v) is 8.12. The van der Waals surface area contributed by atoms with Crippen LogP contribution in [0.15, 0.2) is 0 Å². The van der Waals surface area contributed by atoms with E-state index in [2.05, 4.69) is 27.8 Å². The maximum absolute atomic E-state index is 9.20. The Morgan fingerprint density at radius 1 is 1.10 bits per heavy atom. The van der Waals surface area contributed by atoms with Gasteiger partial charge in [0.1, 0.15) is 5.54 Å². The molecule has 0 aliphatic carbocycles. The van der Waals surface area contributed by atoms with Crippen molar-refractivity contribution in [2.24, 2.45) is 0 Å². The Morgan fingerprint density at radius 3 is 2.40 bits per heavy atom. The van der Waals surface area contributed by atoms with Gasteiger partial charge in [0.15, 0.2) is 0 Å². The van der Waals surface area contributed by atoms with Crippen molar-refractivity contribution >= 4 is 0 Å². The second-order valence-corrected chi connectivity index (χ2v) is 6.92. The molecule has 4 heteroatoms.